The fraction of sp³-hybridized carbons (Fsp3) is 0.667. The second-order valence-corrected chi connectivity index (χ2v) is 3.82. The van der Waals surface area contributed by atoms with Gasteiger partial charge in [0.1, 0.15) is 5.60 Å². The predicted molar refractivity (Wildman–Crippen MR) is 40.8 cm³/mol. The van der Waals surface area contributed by atoms with Gasteiger partial charge in [0.15, 0.2) is 0 Å². The molecule has 0 saturated carbocycles. The summed E-state index contributed by atoms with van der Waals surface area (Å²) >= 11 is 0. The lowest BCUT2D eigenvalue weighted by Gasteiger charge is -2.19. The Morgan fingerprint density at radius 1 is 1.55 bits per heavy atom. The van der Waals surface area contributed by atoms with Crippen molar-refractivity contribution in [1.82, 2.24) is 0 Å². The molecule has 2 nitrogen and oxygen atoms in total. The first-order valence-electron chi connectivity index (χ1n) is 3.88. The summed E-state index contributed by atoms with van der Waals surface area (Å²) in [6.07, 6.45) is 4.93. The molecule has 0 unspecified atom stereocenters. The van der Waals surface area contributed by atoms with Crippen LogP contribution in [0.4, 0.5) is 0 Å². The van der Waals surface area contributed by atoms with Crippen LogP contribution < -0.4 is 0 Å². The Kier molecular flexibility index (Phi) is 1.05. The monoisotopic (exact) mass is 149 g/mol. The third kappa shape index (κ3) is 0.749. The molecule has 0 N–H and O–H groups in total. The molecular formula is C9H11NO. The van der Waals surface area contributed by atoms with Gasteiger partial charge in [-0.3, -0.25) is 0 Å². The fourth-order valence-electron chi connectivity index (χ4n) is 1.99. The van der Waals surface area contributed by atoms with E-state index in [0.29, 0.717) is 0 Å². The first kappa shape index (κ1) is 6.87. The van der Waals surface area contributed by atoms with Crippen molar-refractivity contribution in [2.45, 2.75) is 31.5 Å². The summed E-state index contributed by atoms with van der Waals surface area (Å²) in [5.41, 5.74) is -0.460. The molecule has 1 fully saturated rings. The zero-order valence-electron chi connectivity index (χ0n) is 6.79. The first-order chi connectivity index (χ1) is 5.08. The van der Waals surface area contributed by atoms with Gasteiger partial charge in [0.05, 0.1) is 17.6 Å². The Morgan fingerprint density at radius 2 is 2.27 bits per heavy atom. The lowest BCUT2D eigenvalue weighted by molar-refractivity contribution is -0.0162. The number of hydrogen-bond acceptors (Lipinski definition) is 2. The van der Waals surface area contributed by atoms with Crippen LogP contribution in [-0.4, -0.2) is 11.2 Å². The highest BCUT2D eigenvalue weighted by atomic mass is 16.5. The molecule has 58 valence electrons. The normalized spacial score (nSPS) is 53.0. The van der Waals surface area contributed by atoms with Crippen LogP contribution in [0.1, 0.15) is 20.3 Å². The van der Waals surface area contributed by atoms with Crippen molar-refractivity contribution in [2.24, 2.45) is 5.92 Å². The van der Waals surface area contributed by atoms with Crippen LogP contribution in [0.2, 0.25) is 0 Å². The molecule has 1 saturated heterocycles. The Hall–Kier alpha value is -0.810. The standard InChI is InChI=1S/C9H11NO/c1-8-3-4-9(2,11-8)7(5-8)6-10/h3-4,7H,5H2,1-2H3/t7-,8+,9-/m0/s1. The number of nitriles is 1. The highest BCUT2D eigenvalue weighted by Crippen LogP contribution is 2.48. The van der Waals surface area contributed by atoms with Crippen LogP contribution in [0.15, 0.2) is 12.2 Å². The minimum atomic E-state index is -0.302. The second kappa shape index (κ2) is 1.67. The maximum absolute atomic E-state index is 8.80. The van der Waals surface area contributed by atoms with Crippen molar-refractivity contribution in [1.29, 1.82) is 5.26 Å². The average Bonchev–Trinajstić information content (AvgIpc) is 2.36. The van der Waals surface area contributed by atoms with Gasteiger partial charge in [-0.2, -0.15) is 5.26 Å². The van der Waals surface area contributed by atoms with Crippen LogP contribution in [0.5, 0.6) is 0 Å². The minimum Gasteiger partial charge on any atom is -0.360 e. The SMILES string of the molecule is C[C@]12C=C[C@](C)(O1)[C@H](C#N)C2. The first-order valence-corrected chi connectivity index (χ1v) is 3.88. The number of rotatable bonds is 0. The molecule has 2 bridgehead atoms. The highest BCUT2D eigenvalue weighted by Gasteiger charge is 2.53. The smallest absolute Gasteiger partial charge is 0.101 e. The third-order valence-corrected chi connectivity index (χ3v) is 2.68. The van der Waals surface area contributed by atoms with E-state index >= 15 is 0 Å². The van der Waals surface area contributed by atoms with Gasteiger partial charge in [-0.05, 0) is 20.3 Å². The summed E-state index contributed by atoms with van der Waals surface area (Å²) in [6.45, 7) is 4.02. The molecule has 0 radical (unpaired) electrons. The zero-order chi connectivity index (χ0) is 8.11. The van der Waals surface area contributed by atoms with E-state index in [-0.39, 0.29) is 17.1 Å². The minimum absolute atomic E-state index is 0.0394. The van der Waals surface area contributed by atoms with E-state index in [2.05, 4.69) is 12.1 Å². The van der Waals surface area contributed by atoms with E-state index in [0.717, 1.165) is 6.42 Å². The van der Waals surface area contributed by atoms with Gasteiger partial charge in [0, 0.05) is 0 Å². The summed E-state index contributed by atoms with van der Waals surface area (Å²) < 4.78 is 5.72. The molecule has 0 amide bonds. The number of fused-ring (bicyclic) bond motifs is 2. The summed E-state index contributed by atoms with van der Waals surface area (Å²) in [4.78, 5) is 0. The van der Waals surface area contributed by atoms with Gasteiger partial charge < -0.3 is 4.74 Å². The second-order valence-electron chi connectivity index (χ2n) is 3.82. The lowest BCUT2D eigenvalue weighted by Crippen LogP contribution is -2.26. The maximum atomic E-state index is 8.80. The van der Waals surface area contributed by atoms with Crippen LogP contribution in [-0.2, 0) is 4.74 Å². The van der Waals surface area contributed by atoms with Crippen LogP contribution in [0.25, 0.3) is 0 Å². The molecule has 11 heavy (non-hydrogen) atoms. The van der Waals surface area contributed by atoms with E-state index in [9.17, 15) is 0 Å². The van der Waals surface area contributed by atoms with Crippen LogP contribution in [0, 0.1) is 17.2 Å². The molecule has 2 aliphatic rings. The van der Waals surface area contributed by atoms with E-state index in [1.807, 2.05) is 19.9 Å². The Labute approximate surface area is 66.5 Å². The van der Waals surface area contributed by atoms with Crippen molar-refractivity contribution < 1.29 is 4.74 Å². The molecule has 3 atom stereocenters. The lowest BCUT2D eigenvalue weighted by atomic mass is 9.82. The van der Waals surface area contributed by atoms with Crippen molar-refractivity contribution in [2.75, 3.05) is 0 Å². The van der Waals surface area contributed by atoms with E-state index < -0.39 is 0 Å². The number of hydrogen-bond donors (Lipinski definition) is 0. The molecule has 0 aromatic carbocycles. The third-order valence-electron chi connectivity index (χ3n) is 2.68. The average molecular weight is 149 g/mol. The molecule has 0 aliphatic carbocycles. The van der Waals surface area contributed by atoms with Gasteiger partial charge in [-0.25, -0.2) is 0 Å². The Bertz CT molecular complexity index is 265. The molecule has 0 aromatic heterocycles. The van der Waals surface area contributed by atoms with Gasteiger partial charge in [-0.1, -0.05) is 12.2 Å². The molecule has 0 aromatic rings. The van der Waals surface area contributed by atoms with E-state index in [4.69, 9.17) is 10.00 Å². The summed E-state index contributed by atoms with van der Waals surface area (Å²) in [5, 5.41) is 8.80. The Morgan fingerprint density at radius 3 is 2.55 bits per heavy atom. The summed E-state index contributed by atoms with van der Waals surface area (Å²) in [6, 6.07) is 2.28. The maximum Gasteiger partial charge on any atom is 0.101 e. The van der Waals surface area contributed by atoms with Crippen LogP contribution in [0.3, 0.4) is 0 Å². The summed E-state index contributed by atoms with van der Waals surface area (Å²) in [7, 11) is 0. The van der Waals surface area contributed by atoms with Gasteiger partial charge >= 0.3 is 0 Å². The molecule has 2 aliphatic heterocycles. The molecule has 0 spiro atoms. The van der Waals surface area contributed by atoms with Gasteiger partial charge in [0.2, 0.25) is 0 Å². The van der Waals surface area contributed by atoms with Crippen molar-refractivity contribution >= 4 is 0 Å². The largest absolute Gasteiger partial charge is 0.360 e. The molecular weight excluding hydrogens is 138 g/mol. The van der Waals surface area contributed by atoms with Crippen LogP contribution >= 0.6 is 0 Å². The van der Waals surface area contributed by atoms with Gasteiger partial charge in [-0.15, -0.1) is 0 Å². The van der Waals surface area contributed by atoms with E-state index in [1.165, 1.54) is 0 Å². The molecule has 2 heteroatoms. The van der Waals surface area contributed by atoms with Crippen molar-refractivity contribution in [3.05, 3.63) is 12.2 Å². The Balaban J connectivity index is 2.39. The van der Waals surface area contributed by atoms with Crippen molar-refractivity contribution in [3.63, 3.8) is 0 Å². The fourth-order valence-corrected chi connectivity index (χ4v) is 1.99. The predicted octanol–water partition coefficient (Wildman–Crippen LogP) is 1.63. The number of nitrogens with zero attached hydrogens (tertiary/aromatic N) is 1. The van der Waals surface area contributed by atoms with Gasteiger partial charge in [0.25, 0.3) is 0 Å². The quantitative estimate of drug-likeness (QED) is 0.490. The number of ether oxygens (including phenoxy) is 1. The molecule has 2 heterocycles. The zero-order valence-corrected chi connectivity index (χ0v) is 6.79. The molecule has 2 rings (SSSR count). The highest BCUT2D eigenvalue weighted by molar-refractivity contribution is 5.27. The summed E-state index contributed by atoms with van der Waals surface area (Å²) in [5.74, 6) is 0.0394. The van der Waals surface area contributed by atoms with E-state index in [1.54, 1.807) is 0 Å². The topological polar surface area (TPSA) is 33.0 Å². The van der Waals surface area contributed by atoms with Crippen molar-refractivity contribution in [3.8, 4) is 6.07 Å².